The average Bonchev–Trinajstić information content (AvgIpc) is 3.02. The van der Waals surface area contributed by atoms with Crippen LogP contribution >= 0.6 is 0 Å². The van der Waals surface area contributed by atoms with Gasteiger partial charge in [-0.05, 0) is 30.2 Å². The van der Waals surface area contributed by atoms with Gasteiger partial charge in [-0.2, -0.15) is 8.78 Å². The van der Waals surface area contributed by atoms with Crippen molar-refractivity contribution in [3.05, 3.63) is 59.9 Å². The minimum absolute atomic E-state index is 0.0303. The van der Waals surface area contributed by atoms with Crippen LogP contribution in [0.15, 0.2) is 48.5 Å². The first kappa shape index (κ1) is 17.8. The van der Waals surface area contributed by atoms with E-state index >= 15 is 0 Å². The van der Waals surface area contributed by atoms with Crippen molar-refractivity contribution in [2.24, 2.45) is 5.92 Å². The third kappa shape index (κ3) is 3.82. The molecule has 3 rings (SSSR count). The van der Waals surface area contributed by atoms with E-state index in [0.717, 1.165) is 11.0 Å². The lowest BCUT2D eigenvalue weighted by atomic mass is 10.0. The van der Waals surface area contributed by atoms with Crippen LogP contribution in [0.3, 0.4) is 0 Å². The number of aromatic amines is 1. The van der Waals surface area contributed by atoms with Crippen molar-refractivity contribution in [3.8, 4) is 5.75 Å². The van der Waals surface area contributed by atoms with E-state index in [1.807, 2.05) is 38.1 Å². The second-order valence-corrected chi connectivity index (χ2v) is 6.21. The van der Waals surface area contributed by atoms with Crippen molar-refractivity contribution >= 4 is 16.9 Å². The Morgan fingerprint density at radius 3 is 2.50 bits per heavy atom. The van der Waals surface area contributed by atoms with Gasteiger partial charge in [0.15, 0.2) is 0 Å². The van der Waals surface area contributed by atoms with Gasteiger partial charge < -0.3 is 15.0 Å². The SMILES string of the molecule is CC(C)C(NC(=O)c1ccccc1OC(F)F)c1nc2ccccc2[nH]1. The van der Waals surface area contributed by atoms with Crippen LogP contribution in [0.2, 0.25) is 0 Å². The minimum atomic E-state index is -3.00. The zero-order valence-corrected chi connectivity index (χ0v) is 14.4. The first-order valence-electron chi connectivity index (χ1n) is 8.25. The first-order valence-corrected chi connectivity index (χ1v) is 8.25. The molecular formula is C19H19F2N3O2. The number of benzene rings is 2. The fourth-order valence-corrected chi connectivity index (χ4v) is 2.74. The van der Waals surface area contributed by atoms with E-state index < -0.39 is 18.6 Å². The number of halogens is 2. The number of aromatic nitrogens is 2. The van der Waals surface area contributed by atoms with Crippen molar-refractivity contribution in [2.45, 2.75) is 26.5 Å². The second-order valence-electron chi connectivity index (χ2n) is 6.21. The fraction of sp³-hybridized carbons (Fsp3) is 0.263. The number of para-hydroxylation sites is 3. The third-order valence-electron chi connectivity index (χ3n) is 4.00. The number of nitrogens with one attached hydrogen (secondary N) is 2. The van der Waals surface area contributed by atoms with E-state index in [-0.39, 0.29) is 17.2 Å². The Morgan fingerprint density at radius 2 is 1.81 bits per heavy atom. The van der Waals surface area contributed by atoms with Gasteiger partial charge in [0, 0.05) is 0 Å². The summed E-state index contributed by atoms with van der Waals surface area (Å²) in [4.78, 5) is 20.4. The summed E-state index contributed by atoms with van der Waals surface area (Å²) in [6.07, 6.45) is 0. The maximum Gasteiger partial charge on any atom is 0.387 e. The van der Waals surface area contributed by atoms with Crippen molar-refractivity contribution in [2.75, 3.05) is 0 Å². The molecule has 26 heavy (non-hydrogen) atoms. The molecule has 1 amide bonds. The average molecular weight is 359 g/mol. The summed E-state index contributed by atoms with van der Waals surface area (Å²) in [5.41, 5.74) is 1.71. The molecule has 5 nitrogen and oxygen atoms in total. The van der Waals surface area contributed by atoms with Crippen LogP contribution in [-0.4, -0.2) is 22.5 Å². The van der Waals surface area contributed by atoms with Crippen LogP contribution in [-0.2, 0) is 0 Å². The Kier molecular flexibility index (Phi) is 5.16. The minimum Gasteiger partial charge on any atom is -0.434 e. The molecule has 2 N–H and O–H groups in total. The number of carbonyl (C=O) groups excluding carboxylic acids is 1. The number of nitrogens with zero attached hydrogens (tertiary/aromatic N) is 1. The number of ether oxygens (including phenoxy) is 1. The Balaban J connectivity index is 1.88. The van der Waals surface area contributed by atoms with E-state index in [1.165, 1.54) is 18.2 Å². The van der Waals surface area contributed by atoms with Gasteiger partial charge in [0.25, 0.3) is 5.91 Å². The zero-order valence-electron chi connectivity index (χ0n) is 14.4. The van der Waals surface area contributed by atoms with Crippen LogP contribution in [0, 0.1) is 5.92 Å². The summed E-state index contributed by atoms with van der Waals surface area (Å²) < 4.78 is 29.6. The molecule has 0 bridgehead atoms. The number of amides is 1. The van der Waals surface area contributed by atoms with Gasteiger partial charge in [-0.3, -0.25) is 4.79 Å². The zero-order chi connectivity index (χ0) is 18.7. The van der Waals surface area contributed by atoms with Gasteiger partial charge in [0.05, 0.1) is 22.6 Å². The summed E-state index contributed by atoms with van der Waals surface area (Å²) >= 11 is 0. The highest BCUT2D eigenvalue weighted by Crippen LogP contribution is 2.25. The van der Waals surface area contributed by atoms with Crippen molar-refractivity contribution in [1.29, 1.82) is 0 Å². The third-order valence-corrected chi connectivity index (χ3v) is 4.00. The number of alkyl halides is 2. The Labute approximate surface area is 149 Å². The van der Waals surface area contributed by atoms with Crippen LogP contribution in [0.1, 0.15) is 36.1 Å². The maximum atomic E-state index is 12.7. The van der Waals surface area contributed by atoms with Gasteiger partial charge in [-0.25, -0.2) is 4.98 Å². The highest BCUT2D eigenvalue weighted by atomic mass is 19.3. The van der Waals surface area contributed by atoms with Crippen molar-refractivity contribution < 1.29 is 18.3 Å². The Morgan fingerprint density at radius 1 is 1.12 bits per heavy atom. The lowest BCUT2D eigenvalue weighted by Crippen LogP contribution is -2.32. The molecule has 1 aromatic heterocycles. The van der Waals surface area contributed by atoms with Crippen molar-refractivity contribution in [1.82, 2.24) is 15.3 Å². The quantitative estimate of drug-likeness (QED) is 0.690. The fourth-order valence-electron chi connectivity index (χ4n) is 2.74. The summed E-state index contributed by atoms with van der Waals surface area (Å²) in [5.74, 6) is -0.0166. The first-order chi connectivity index (χ1) is 12.5. The Bertz CT molecular complexity index is 875. The molecule has 3 aromatic rings. The lowest BCUT2D eigenvalue weighted by Gasteiger charge is -2.21. The molecule has 1 heterocycles. The highest BCUT2D eigenvalue weighted by Gasteiger charge is 2.24. The van der Waals surface area contributed by atoms with Crippen LogP contribution < -0.4 is 10.1 Å². The van der Waals surface area contributed by atoms with E-state index in [1.54, 1.807) is 6.07 Å². The largest absolute Gasteiger partial charge is 0.434 e. The van der Waals surface area contributed by atoms with Gasteiger partial charge >= 0.3 is 6.61 Å². The molecule has 0 saturated heterocycles. The van der Waals surface area contributed by atoms with Gasteiger partial charge in [0.1, 0.15) is 11.6 Å². The maximum absolute atomic E-state index is 12.7. The number of carbonyl (C=O) groups is 1. The molecule has 0 saturated carbocycles. The Hall–Kier alpha value is -2.96. The monoisotopic (exact) mass is 359 g/mol. The molecule has 0 radical (unpaired) electrons. The lowest BCUT2D eigenvalue weighted by molar-refractivity contribution is -0.0501. The van der Waals surface area contributed by atoms with Gasteiger partial charge in [-0.1, -0.05) is 38.1 Å². The van der Waals surface area contributed by atoms with Crippen molar-refractivity contribution in [3.63, 3.8) is 0 Å². The smallest absolute Gasteiger partial charge is 0.387 e. The van der Waals surface area contributed by atoms with Gasteiger partial charge in [-0.15, -0.1) is 0 Å². The molecule has 0 fully saturated rings. The van der Waals surface area contributed by atoms with Gasteiger partial charge in [0.2, 0.25) is 0 Å². The molecule has 136 valence electrons. The van der Waals surface area contributed by atoms with E-state index in [9.17, 15) is 13.6 Å². The van der Waals surface area contributed by atoms with Crippen LogP contribution in [0.5, 0.6) is 5.75 Å². The highest BCUT2D eigenvalue weighted by molar-refractivity contribution is 5.97. The molecule has 0 aliphatic heterocycles. The number of hydrogen-bond acceptors (Lipinski definition) is 3. The predicted octanol–water partition coefficient (Wildman–Crippen LogP) is 4.29. The van der Waals surface area contributed by atoms with Crippen LogP contribution in [0.25, 0.3) is 11.0 Å². The van der Waals surface area contributed by atoms with E-state index in [4.69, 9.17) is 0 Å². The summed E-state index contributed by atoms with van der Waals surface area (Å²) in [7, 11) is 0. The number of fused-ring (bicyclic) bond motifs is 1. The standard InChI is InChI=1S/C19H19F2N3O2/c1-11(2)16(17-22-13-8-4-5-9-14(13)23-17)24-18(25)12-7-3-6-10-15(12)26-19(20)21/h3-11,16,19H,1-2H3,(H,22,23)(H,24,25). The molecule has 2 aromatic carbocycles. The number of rotatable bonds is 6. The molecule has 0 aliphatic rings. The predicted molar refractivity (Wildman–Crippen MR) is 94.2 cm³/mol. The molecule has 1 unspecified atom stereocenters. The molecular weight excluding hydrogens is 340 g/mol. The number of H-pyrrole nitrogens is 1. The van der Waals surface area contributed by atoms with E-state index in [2.05, 4.69) is 20.0 Å². The molecule has 0 aliphatic carbocycles. The number of hydrogen-bond donors (Lipinski definition) is 2. The van der Waals surface area contributed by atoms with E-state index in [0.29, 0.717) is 5.82 Å². The molecule has 0 spiro atoms. The summed E-state index contributed by atoms with van der Waals surface area (Å²) in [6, 6.07) is 13.1. The topological polar surface area (TPSA) is 67.0 Å². The molecule has 1 atom stereocenters. The molecule has 7 heteroatoms. The summed E-state index contributed by atoms with van der Waals surface area (Å²) in [6.45, 7) is 0.888. The van der Waals surface area contributed by atoms with Crippen LogP contribution in [0.4, 0.5) is 8.78 Å². The number of imidazole rings is 1. The second kappa shape index (κ2) is 7.51. The normalized spacial score (nSPS) is 12.5. The summed E-state index contributed by atoms with van der Waals surface area (Å²) in [5, 5.41) is 2.87.